The first-order chi connectivity index (χ1) is 13.0. The van der Waals surface area contributed by atoms with Crippen molar-refractivity contribution < 1.29 is 4.79 Å². The van der Waals surface area contributed by atoms with Gasteiger partial charge in [-0.05, 0) is 42.3 Å². The molecule has 1 amide bonds. The summed E-state index contributed by atoms with van der Waals surface area (Å²) in [6.07, 6.45) is 1.75. The molecule has 0 spiro atoms. The number of hydrogen-bond donors (Lipinski definition) is 1. The molecule has 6 nitrogen and oxygen atoms in total. The molecule has 6 heteroatoms. The van der Waals surface area contributed by atoms with Crippen LogP contribution >= 0.6 is 0 Å². The highest BCUT2D eigenvalue weighted by atomic mass is 16.1. The highest BCUT2D eigenvalue weighted by Gasteiger charge is 2.17. The molecule has 0 bridgehead atoms. The van der Waals surface area contributed by atoms with E-state index in [9.17, 15) is 9.59 Å². The third-order valence-electron chi connectivity index (χ3n) is 4.98. The number of nitrogens with zero attached hydrogens (tertiary/aromatic N) is 3. The van der Waals surface area contributed by atoms with Crippen LogP contribution in [0.15, 0.2) is 47.3 Å². The van der Waals surface area contributed by atoms with Gasteiger partial charge in [0.1, 0.15) is 5.82 Å². The monoisotopic (exact) mass is 362 g/mol. The summed E-state index contributed by atoms with van der Waals surface area (Å²) >= 11 is 0. The minimum Gasteiger partial charge on any atom is -0.378 e. The predicted octanol–water partition coefficient (Wildman–Crippen LogP) is 2.34. The largest absolute Gasteiger partial charge is 0.378 e. The zero-order chi connectivity index (χ0) is 19.0. The van der Waals surface area contributed by atoms with E-state index in [4.69, 9.17) is 0 Å². The Kier molecular flexibility index (Phi) is 4.39. The molecule has 0 saturated carbocycles. The van der Waals surface area contributed by atoms with Crippen molar-refractivity contribution in [2.24, 2.45) is 0 Å². The zero-order valence-corrected chi connectivity index (χ0v) is 15.5. The normalized spacial score (nSPS) is 12.8. The van der Waals surface area contributed by atoms with Gasteiger partial charge in [-0.25, -0.2) is 4.98 Å². The second kappa shape index (κ2) is 6.87. The highest BCUT2D eigenvalue weighted by Crippen LogP contribution is 2.16. The van der Waals surface area contributed by atoms with Crippen molar-refractivity contribution in [3.05, 3.63) is 69.8 Å². The predicted molar refractivity (Wildman–Crippen MR) is 106 cm³/mol. The summed E-state index contributed by atoms with van der Waals surface area (Å²) < 4.78 is 1.74. The van der Waals surface area contributed by atoms with Gasteiger partial charge in [0.05, 0.1) is 10.9 Å². The fourth-order valence-corrected chi connectivity index (χ4v) is 3.42. The van der Waals surface area contributed by atoms with E-state index in [0.29, 0.717) is 23.0 Å². The Labute approximate surface area is 157 Å². The quantitative estimate of drug-likeness (QED) is 0.774. The maximum Gasteiger partial charge on any atom is 0.261 e. The van der Waals surface area contributed by atoms with Crippen molar-refractivity contribution in [3.8, 4) is 0 Å². The minimum atomic E-state index is -0.170. The molecule has 2 aromatic carbocycles. The summed E-state index contributed by atoms with van der Waals surface area (Å²) in [7, 11) is 3.98. The Hall–Kier alpha value is -3.15. The molecule has 0 saturated heterocycles. The van der Waals surface area contributed by atoms with Crippen LogP contribution in [0.25, 0.3) is 10.9 Å². The van der Waals surface area contributed by atoms with Gasteiger partial charge in [-0.3, -0.25) is 14.2 Å². The molecular formula is C21H22N4O2. The topological polar surface area (TPSA) is 67.2 Å². The van der Waals surface area contributed by atoms with Crippen LogP contribution in [0, 0.1) is 0 Å². The molecule has 27 heavy (non-hydrogen) atoms. The fraction of sp³-hybridized carbons (Fsp3) is 0.286. The molecule has 0 unspecified atom stereocenters. The number of carbonyl (C=O) groups excluding carboxylic acids is 1. The van der Waals surface area contributed by atoms with Crippen LogP contribution in [0.2, 0.25) is 0 Å². The number of aryl methyl sites for hydroxylation is 1. The van der Waals surface area contributed by atoms with Gasteiger partial charge in [0.2, 0.25) is 0 Å². The molecule has 0 atom stereocenters. The van der Waals surface area contributed by atoms with Crippen LogP contribution < -0.4 is 15.8 Å². The van der Waals surface area contributed by atoms with Crippen molar-refractivity contribution >= 4 is 22.5 Å². The maximum atomic E-state index is 12.5. The highest BCUT2D eigenvalue weighted by molar-refractivity contribution is 5.97. The van der Waals surface area contributed by atoms with Gasteiger partial charge in [0.25, 0.3) is 11.5 Å². The van der Waals surface area contributed by atoms with Gasteiger partial charge >= 0.3 is 0 Å². The number of benzene rings is 2. The summed E-state index contributed by atoms with van der Waals surface area (Å²) in [4.78, 5) is 31.6. The summed E-state index contributed by atoms with van der Waals surface area (Å²) in [6.45, 7) is 1.18. The second-order valence-electron chi connectivity index (χ2n) is 7.06. The number of anilines is 1. The molecule has 1 N–H and O–H groups in total. The first-order valence-corrected chi connectivity index (χ1v) is 9.11. The van der Waals surface area contributed by atoms with E-state index in [-0.39, 0.29) is 11.5 Å². The molecule has 2 heterocycles. The van der Waals surface area contributed by atoms with Gasteiger partial charge in [-0.15, -0.1) is 0 Å². The van der Waals surface area contributed by atoms with E-state index >= 15 is 0 Å². The average molecular weight is 362 g/mol. The SMILES string of the molecule is CN(C)c1ccc(CNC(=O)c2ccc3c(=O)n4c(nc3c2)CCC4)cc1. The molecule has 0 fully saturated rings. The fourth-order valence-electron chi connectivity index (χ4n) is 3.42. The van der Waals surface area contributed by atoms with Crippen molar-refractivity contribution in [2.45, 2.75) is 25.9 Å². The number of fused-ring (bicyclic) bond motifs is 2. The van der Waals surface area contributed by atoms with Crippen LogP contribution in [0.5, 0.6) is 0 Å². The lowest BCUT2D eigenvalue weighted by atomic mass is 10.1. The number of aromatic nitrogens is 2. The zero-order valence-electron chi connectivity index (χ0n) is 15.5. The lowest BCUT2D eigenvalue weighted by Crippen LogP contribution is -2.24. The molecule has 0 radical (unpaired) electrons. The van der Waals surface area contributed by atoms with Gasteiger partial charge in [-0.1, -0.05) is 12.1 Å². The summed E-state index contributed by atoms with van der Waals surface area (Å²) in [5, 5.41) is 3.50. The first kappa shape index (κ1) is 17.3. The lowest BCUT2D eigenvalue weighted by Gasteiger charge is -2.13. The van der Waals surface area contributed by atoms with E-state index in [1.807, 2.05) is 43.3 Å². The molecule has 0 aliphatic carbocycles. The summed E-state index contributed by atoms with van der Waals surface area (Å²) in [5.41, 5.74) is 3.24. The van der Waals surface area contributed by atoms with E-state index in [2.05, 4.69) is 10.3 Å². The Bertz CT molecular complexity index is 1070. The number of nitrogens with one attached hydrogen (secondary N) is 1. The number of amides is 1. The van der Waals surface area contributed by atoms with Crippen molar-refractivity contribution in [3.63, 3.8) is 0 Å². The molecular weight excluding hydrogens is 340 g/mol. The van der Waals surface area contributed by atoms with Crippen molar-refractivity contribution in [1.82, 2.24) is 14.9 Å². The van der Waals surface area contributed by atoms with Crippen LogP contribution in [0.4, 0.5) is 5.69 Å². The molecule has 4 rings (SSSR count). The van der Waals surface area contributed by atoms with Crippen molar-refractivity contribution in [2.75, 3.05) is 19.0 Å². The van der Waals surface area contributed by atoms with Crippen LogP contribution in [0.1, 0.15) is 28.2 Å². The molecule has 1 aromatic heterocycles. The minimum absolute atomic E-state index is 0.0135. The van der Waals surface area contributed by atoms with Gasteiger partial charge in [0, 0.05) is 44.9 Å². The third-order valence-corrected chi connectivity index (χ3v) is 4.98. The molecule has 1 aliphatic rings. The van der Waals surface area contributed by atoms with Crippen LogP contribution in [0.3, 0.4) is 0 Å². The Morgan fingerprint density at radius 1 is 1.19 bits per heavy atom. The van der Waals surface area contributed by atoms with Gasteiger partial charge in [-0.2, -0.15) is 0 Å². The second-order valence-corrected chi connectivity index (χ2v) is 7.06. The van der Waals surface area contributed by atoms with E-state index < -0.39 is 0 Å². The summed E-state index contributed by atoms with van der Waals surface area (Å²) in [6, 6.07) is 13.2. The molecule has 1 aliphatic heterocycles. The average Bonchev–Trinajstić information content (AvgIpc) is 3.15. The standard InChI is InChI=1S/C21H22N4O2/c1-24(2)16-8-5-14(6-9-16)13-22-20(26)15-7-10-17-18(12-15)23-19-4-3-11-25(19)21(17)27/h5-10,12H,3-4,11,13H2,1-2H3,(H,22,26). The lowest BCUT2D eigenvalue weighted by molar-refractivity contribution is 0.0951. The Morgan fingerprint density at radius 2 is 1.96 bits per heavy atom. The van der Waals surface area contributed by atoms with Gasteiger partial charge in [0.15, 0.2) is 0 Å². The van der Waals surface area contributed by atoms with E-state index in [1.54, 1.807) is 22.8 Å². The Morgan fingerprint density at radius 3 is 2.70 bits per heavy atom. The number of rotatable bonds is 4. The number of carbonyl (C=O) groups is 1. The van der Waals surface area contributed by atoms with E-state index in [1.165, 1.54) is 0 Å². The third kappa shape index (κ3) is 3.30. The van der Waals surface area contributed by atoms with Gasteiger partial charge < -0.3 is 10.2 Å². The number of hydrogen-bond acceptors (Lipinski definition) is 4. The van der Waals surface area contributed by atoms with E-state index in [0.717, 1.165) is 36.5 Å². The smallest absolute Gasteiger partial charge is 0.261 e. The molecule has 138 valence electrons. The molecule has 3 aromatic rings. The van der Waals surface area contributed by atoms with Crippen molar-refractivity contribution in [1.29, 1.82) is 0 Å². The van der Waals surface area contributed by atoms with Crippen LogP contribution in [-0.4, -0.2) is 29.6 Å². The van der Waals surface area contributed by atoms with Crippen LogP contribution in [-0.2, 0) is 19.5 Å². The summed E-state index contributed by atoms with van der Waals surface area (Å²) in [5.74, 6) is 0.641. The first-order valence-electron chi connectivity index (χ1n) is 9.11. The maximum absolute atomic E-state index is 12.5. The Balaban J connectivity index is 1.52.